The van der Waals surface area contributed by atoms with Crippen molar-refractivity contribution < 1.29 is 17.9 Å². The number of nitrogens with zero attached hydrogens (tertiary/aromatic N) is 2. The molecule has 0 radical (unpaired) electrons. The summed E-state index contributed by atoms with van der Waals surface area (Å²) >= 11 is 0. The SMILES string of the molecule is CC1CN(c2ccc(OC(F)(F)F)cc2)C(C)CN1C. The Kier molecular flexibility index (Phi) is 4.13. The van der Waals surface area contributed by atoms with Crippen LogP contribution in [0.1, 0.15) is 13.8 Å². The van der Waals surface area contributed by atoms with Crippen molar-refractivity contribution in [2.75, 3.05) is 25.0 Å². The Balaban J connectivity index is 2.09. The molecular formula is C14H19F3N2O. The highest BCUT2D eigenvalue weighted by Crippen LogP contribution is 2.27. The zero-order valence-electron chi connectivity index (χ0n) is 11.8. The van der Waals surface area contributed by atoms with Gasteiger partial charge in [-0.15, -0.1) is 13.2 Å². The second-order valence-electron chi connectivity index (χ2n) is 5.33. The monoisotopic (exact) mass is 288 g/mol. The van der Waals surface area contributed by atoms with E-state index in [2.05, 4.69) is 35.4 Å². The maximum atomic E-state index is 12.1. The van der Waals surface area contributed by atoms with E-state index in [1.54, 1.807) is 12.1 Å². The van der Waals surface area contributed by atoms with Gasteiger partial charge in [-0.3, -0.25) is 4.90 Å². The molecular weight excluding hydrogens is 269 g/mol. The first-order valence-corrected chi connectivity index (χ1v) is 6.59. The quantitative estimate of drug-likeness (QED) is 0.831. The zero-order chi connectivity index (χ0) is 14.9. The second kappa shape index (κ2) is 5.52. The number of ether oxygens (including phenoxy) is 1. The van der Waals surface area contributed by atoms with E-state index in [1.807, 2.05) is 0 Å². The van der Waals surface area contributed by atoms with Crippen molar-refractivity contribution in [2.24, 2.45) is 0 Å². The third-order valence-electron chi connectivity index (χ3n) is 3.70. The molecule has 0 bridgehead atoms. The van der Waals surface area contributed by atoms with Crippen molar-refractivity contribution in [1.29, 1.82) is 0 Å². The smallest absolute Gasteiger partial charge is 0.406 e. The van der Waals surface area contributed by atoms with Crippen molar-refractivity contribution in [3.05, 3.63) is 24.3 Å². The molecule has 2 rings (SSSR count). The molecule has 1 aliphatic heterocycles. The zero-order valence-corrected chi connectivity index (χ0v) is 11.8. The number of anilines is 1. The van der Waals surface area contributed by atoms with Gasteiger partial charge in [0.2, 0.25) is 0 Å². The third kappa shape index (κ3) is 3.56. The van der Waals surface area contributed by atoms with Gasteiger partial charge in [0.25, 0.3) is 0 Å². The molecule has 2 unspecified atom stereocenters. The van der Waals surface area contributed by atoms with Gasteiger partial charge < -0.3 is 9.64 Å². The molecule has 112 valence electrons. The fraction of sp³-hybridized carbons (Fsp3) is 0.571. The maximum absolute atomic E-state index is 12.1. The lowest BCUT2D eigenvalue weighted by Gasteiger charge is -2.43. The summed E-state index contributed by atoms with van der Waals surface area (Å²) in [5.41, 5.74) is 0.923. The molecule has 1 aromatic rings. The van der Waals surface area contributed by atoms with Gasteiger partial charge in [-0.05, 0) is 45.2 Å². The number of alkyl halides is 3. The molecule has 20 heavy (non-hydrogen) atoms. The van der Waals surface area contributed by atoms with Crippen LogP contribution in [0.2, 0.25) is 0 Å². The molecule has 0 spiro atoms. The van der Waals surface area contributed by atoms with Gasteiger partial charge in [0.15, 0.2) is 0 Å². The Hall–Kier alpha value is -1.43. The summed E-state index contributed by atoms with van der Waals surface area (Å²) in [5.74, 6) is -0.184. The van der Waals surface area contributed by atoms with E-state index in [-0.39, 0.29) is 5.75 Å². The number of likely N-dealkylation sites (N-methyl/N-ethyl adjacent to an activating group) is 1. The highest BCUT2D eigenvalue weighted by molar-refractivity contribution is 5.50. The van der Waals surface area contributed by atoms with Crippen molar-refractivity contribution >= 4 is 5.69 Å². The van der Waals surface area contributed by atoms with Crippen molar-refractivity contribution in [3.8, 4) is 5.75 Å². The molecule has 1 heterocycles. The predicted octanol–water partition coefficient (Wildman–Crippen LogP) is 3.11. The van der Waals surface area contributed by atoms with Gasteiger partial charge >= 0.3 is 6.36 Å². The van der Waals surface area contributed by atoms with Crippen LogP contribution < -0.4 is 9.64 Å². The number of hydrogen-bond donors (Lipinski definition) is 0. The summed E-state index contributed by atoms with van der Waals surface area (Å²) in [6.07, 6.45) is -4.64. The Labute approximate surface area is 116 Å². The third-order valence-corrected chi connectivity index (χ3v) is 3.70. The van der Waals surface area contributed by atoms with Crippen LogP contribution in [0.15, 0.2) is 24.3 Å². The Morgan fingerprint density at radius 3 is 2.20 bits per heavy atom. The molecule has 3 nitrogen and oxygen atoms in total. The molecule has 0 N–H and O–H groups in total. The Morgan fingerprint density at radius 1 is 1.05 bits per heavy atom. The van der Waals surface area contributed by atoms with Crippen molar-refractivity contribution in [2.45, 2.75) is 32.3 Å². The van der Waals surface area contributed by atoms with E-state index in [0.29, 0.717) is 12.1 Å². The summed E-state index contributed by atoms with van der Waals surface area (Å²) in [5, 5.41) is 0. The number of hydrogen-bond acceptors (Lipinski definition) is 3. The summed E-state index contributed by atoms with van der Waals surface area (Å²) in [7, 11) is 2.08. The lowest BCUT2D eigenvalue weighted by Crippen LogP contribution is -2.55. The molecule has 1 aromatic carbocycles. The van der Waals surface area contributed by atoms with Crippen LogP contribution in [0.25, 0.3) is 0 Å². The van der Waals surface area contributed by atoms with Crippen LogP contribution in [-0.4, -0.2) is 43.5 Å². The van der Waals surface area contributed by atoms with Gasteiger partial charge in [0, 0.05) is 30.9 Å². The Morgan fingerprint density at radius 2 is 1.65 bits per heavy atom. The van der Waals surface area contributed by atoms with Crippen LogP contribution in [0, 0.1) is 0 Å². The lowest BCUT2D eigenvalue weighted by atomic mass is 10.1. The predicted molar refractivity (Wildman–Crippen MR) is 72.0 cm³/mol. The first-order valence-electron chi connectivity index (χ1n) is 6.59. The lowest BCUT2D eigenvalue weighted by molar-refractivity contribution is -0.274. The highest BCUT2D eigenvalue weighted by Gasteiger charge is 2.31. The summed E-state index contributed by atoms with van der Waals surface area (Å²) in [6.45, 7) is 6.04. The summed E-state index contributed by atoms with van der Waals surface area (Å²) in [4.78, 5) is 4.49. The van der Waals surface area contributed by atoms with Gasteiger partial charge in [0.05, 0.1) is 0 Å². The van der Waals surface area contributed by atoms with Gasteiger partial charge in [-0.1, -0.05) is 0 Å². The van der Waals surface area contributed by atoms with Gasteiger partial charge in [-0.2, -0.15) is 0 Å². The number of halogens is 3. The standard InChI is InChI=1S/C14H19F3N2O/c1-10-9-19(11(2)8-18(10)3)12-4-6-13(7-5-12)20-14(15,16)17/h4-7,10-11H,8-9H2,1-3H3. The van der Waals surface area contributed by atoms with E-state index in [9.17, 15) is 13.2 Å². The van der Waals surface area contributed by atoms with E-state index < -0.39 is 6.36 Å². The molecule has 0 aromatic heterocycles. The van der Waals surface area contributed by atoms with E-state index in [0.717, 1.165) is 18.8 Å². The summed E-state index contributed by atoms with van der Waals surface area (Å²) in [6, 6.07) is 6.81. The largest absolute Gasteiger partial charge is 0.573 e. The molecule has 1 fully saturated rings. The van der Waals surface area contributed by atoms with Crippen LogP contribution in [0.4, 0.5) is 18.9 Å². The maximum Gasteiger partial charge on any atom is 0.573 e. The minimum absolute atomic E-state index is 0.184. The molecule has 0 aliphatic carbocycles. The minimum atomic E-state index is -4.64. The number of piperazine rings is 1. The van der Waals surface area contributed by atoms with Crippen molar-refractivity contribution in [3.63, 3.8) is 0 Å². The van der Waals surface area contributed by atoms with Gasteiger partial charge in [0.1, 0.15) is 5.75 Å². The molecule has 0 amide bonds. The first kappa shape index (κ1) is 15.0. The normalized spacial score (nSPS) is 24.8. The molecule has 1 saturated heterocycles. The second-order valence-corrected chi connectivity index (χ2v) is 5.33. The fourth-order valence-corrected chi connectivity index (χ4v) is 2.50. The topological polar surface area (TPSA) is 15.7 Å². The van der Waals surface area contributed by atoms with Crippen LogP contribution >= 0.6 is 0 Å². The van der Waals surface area contributed by atoms with E-state index in [4.69, 9.17) is 0 Å². The molecule has 2 atom stereocenters. The van der Waals surface area contributed by atoms with Crippen molar-refractivity contribution in [1.82, 2.24) is 4.90 Å². The fourth-order valence-electron chi connectivity index (χ4n) is 2.50. The highest BCUT2D eigenvalue weighted by atomic mass is 19.4. The molecule has 6 heteroatoms. The molecule has 1 aliphatic rings. The minimum Gasteiger partial charge on any atom is -0.406 e. The summed E-state index contributed by atoms with van der Waals surface area (Å²) < 4.78 is 40.2. The van der Waals surface area contributed by atoms with Crippen LogP contribution in [-0.2, 0) is 0 Å². The molecule has 0 saturated carbocycles. The van der Waals surface area contributed by atoms with Crippen LogP contribution in [0.3, 0.4) is 0 Å². The Bertz CT molecular complexity index is 447. The van der Waals surface area contributed by atoms with E-state index >= 15 is 0 Å². The van der Waals surface area contributed by atoms with E-state index in [1.165, 1.54) is 12.1 Å². The van der Waals surface area contributed by atoms with Gasteiger partial charge in [-0.25, -0.2) is 0 Å². The first-order chi connectivity index (χ1) is 9.26. The number of benzene rings is 1. The van der Waals surface area contributed by atoms with Crippen LogP contribution in [0.5, 0.6) is 5.75 Å². The average molecular weight is 288 g/mol. The average Bonchev–Trinajstić information content (AvgIpc) is 2.33. The number of rotatable bonds is 2.